The van der Waals surface area contributed by atoms with E-state index in [0.29, 0.717) is 21.4 Å². The minimum absolute atomic E-state index is 0.164. The van der Waals surface area contributed by atoms with Crippen molar-refractivity contribution in [3.63, 3.8) is 0 Å². The van der Waals surface area contributed by atoms with Crippen molar-refractivity contribution in [3.05, 3.63) is 45.4 Å². The lowest BCUT2D eigenvalue weighted by Gasteiger charge is -2.05. The van der Waals surface area contributed by atoms with Crippen LogP contribution in [0.3, 0.4) is 0 Å². The normalized spacial score (nSPS) is 10.3. The van der Waals surface area contributed by atoms with Gasteiger partial charge in [-0.1, -0.05) is 17.7 Å². The molecule has 0 aliphatic carbocycles. The monoisotopic (exact) mass is 310 g/mol. The SMILES string of the molecule is Cc1ccc(Cl)cc1C(=O)Nc1nc(CC(=O)O)cs1. The van der Waals surface area contributed by atoms with E-state index in [1.165, 1.54) is 11.3 Å². The molecule has 0 aliphatic rings. The lowest BCUT2D eigenvalue weighted by Crippen LogP contribution is -2.13. The predicted molar refractivity (Wildman–Crippen MR) is 77.6 cm³/mol. The van der Waals surface area contributed by atoms with Crippen molar-refractivity contribution in [2.24, 2.45) is 0 Å². The molecule has 0 aliphatic heterocycles. The third-order valence-electron chi connectivity index (χ3n) is 2.55. The number of benzene rings is 1. The quantitative estimate of drug-likeness (QED) is 0.910. The maximum Gasteiger partial charge on any atom is 0.309 e. The minimum Gasteiger partial charge on any atom is -0.481 e. The zero-order chi connectivity index (χ0) is 14.7. The number of carboxylic acid groups (broad SMARTS) is 1. The van der Waals surface area contributed by atoms with Gasteiger partial charge in [-0.3, -0.25) is 14.9 Å². The van der Waals surface area contributed by atoms with Gasteiger partial charge in [0.05, 0.1) is 12.1 Å². The van der Waals surface area contributed by atoms with Crippen molar-refractivity contribution in [1.29, 1.82) is 0 Å². The van der Waals surface area contributed by atoms with Gasteiger partial charge in [0.25, 0.3) is 5.91 Å². The van der Waals surface area contributed by atoms with Crippen molar-refractivity contribution in [2.75, 3.05) is 5.32 Å². The smallest absolute Gasteiger partial charge is 0.309 e. The number of nitrogens with zero attached hydrogens (tertiary/aromatic N) is 1. The van der Waals surface area contributed by atoms with Crippen LogP contribution in [0.2, 0.25) is 5.02 Å². The Morgan fingerprint density at radius 3 is 2.90 bits per heavy atom. The summed E-state index contributed by atoms with van der Waals surface area (Å²) in [7, 11) is 0. The second kappa shape index (κ2) is 6.02. The molecule has 1 heterocycles. The molecule has 2 aromatic rings. The summed E-state index contributed by atoms with van der Waals surface area (Å²) in [6.45, 7) is 1.81. The molecule has 104 valence electrons. The first-order chi connectivity index (χ1) is 9.45. The summed E-state index contributed by atoms with van der Waals surface area (Å²) in [5.41, 5.74) is 1.68. The molecule has 1 aromatic carbocycles. The molecule has 0 fully saturated rings. The Hall–Kier alpha value is -1.92. The van der Waals surface area contributed by atoms with Crippen molar-refractivity contribution < 1.29 is 14.7 Å². The summed E-state index contributed by atoms with van der Waals surface area (Å²) >= 11 is 7.05. The molecule has 0 atom stereocenters. The molecule has 0 bridgehead atoms. The van der Waals surface area contributed by atoms with Crippen molar-refractivity contribution in [1.82, 2.24) is 4.98 Å². The third kappa shape index (κ3) is 3.55. The summed E-state index contributed by atoms with van der Waals surface area (Å²) in [6.07, 6.45) is -0.164. The molecule has 7 heteroatoms. The van der Waals surface area contributed by atoms with Gasteiger partial charge in [-0.25, -0.2) is 4.98 Å². The number of hydrogen-bond acceptors (Lipinski definition) is 4. The molecule has 0 saturated carbocycles. The number of carbonyl (C=O) groups is 2. The maximum absolute atomic E-state index is 12.1. The first kappa shape index (κ1) is 14.5. The molecule has 0 radical (unpaired) electrons. The van der Waals surface area contributed by atoms with Gasteiger partial charge >= 0.3 is 5.97 Å². The lowest BCUT2D eigenvalue weighted by atomic mass is 10.1. The number of carbonyl (C=O) groups excluding carboxylic acids is 1. The molecular weight excluding hydrogens is 300 g/mol. The molecule has 1 amide bonds. The van der Waals surface area contributed by atoms with Crippen LogP contribution in [0.5, 0.6) is 0 Å². The van der Waals surface area contributed by atoms with Crippen LogP contribution in [0, 0.1) is 6.92 Å². The van der Waals surface area contributed by atoms with E-state index in [9.17, 15) is 9.59 Å². The van der Waals surface area contributed by atoms with Gasteiger partial charge in [-0.2, -0.15) is 0 Å². The Morgan fingerprint density at radius 2 is 2.20 bits per heavy atom. The van der Waals surface area contributed by atoms with Gasteiger partial charge in [0, 0.05) is 16.0 Å². The summed E-state index contributed by atoms with van der Waals surface area (Å²) in [4.78, 5) is 26.7. The Balaban J connectivity index is 2.13. The second-order valence-corrected chi connectivity index (χ2v) is 5.42. The molecular formula is C13H11ClN2O3S. The van der Waals surface area contributed by atoms with E-state index in [1.807, 2.05) is 6.92 Å². The summed E-state index contributed by atoms with van der Waals surface area (Å²) < 4.78 is 0. The number of amides is 1. The molecule has 0 unspecified atom stereocenters. The number of carboxylic acids is 1. The van der Waals surface area contributed by atoms with Gasteiger partial charge < -0.3 is 5.11 Å². The van der Waals surface area contributed by atoms with E-state index < -0.39 is 5.97 Å². The average Bonchev–Trinajstić information content (AvgIpc) is 2.78. The molecule has 2 N–H and O–H groups in total. The summed E-state index contributed by atoms with van der Waals surface area (Å²) in [5.74, 6) is -1.28. The molecule has 0 spiro atoms. The zero-order valence-corrected chi connectivity index (χ0v) is 12.1. The predicted octanol–water partition coefficient (Wildman–Crippen LogP) is 2.98. The number of aryl methyl sites for hydroxylation is 1. The van der Waals surface area contributed by atoms with Crippen molar-refractivity contribution in [2.45, 2.75) is 13.3 Å². The van der Waals surface area contributed by atoms with Crippen molar-refractivity contribution >= 4 is 39.9 Å². The summed E-state index contributed by atoms with van der Waals surface area (Å²) in [5, 5.41) is 13.8. The topological polar surface area (TPSA) is 79.3 Å². The van der Waals surface area contributed by atoms with E-state index in [4.69, 9.17) is 16.7 Å². The molecule has 1 aromatic heterocycles. The number of anilines is 1. The van der Waals surface area contributed by atoms with Gasteiger partial charge in [-0.05, 0) is 24.6 Å². The standard InChI is InChI=1S/C13H11ClN2O3S/c1-7-2-3-8(14)4-10(7)12(19)16-13-15-9(6-20-13)5-11(17)18/h2-4,6H,5H2,1H3,(H,17,18)(H,15,16,19). The number of aliphatic carboxylic acids is 1. The highest BCUT2D eigenvalue weighted by Gasteiger charge is 2.13. The van der Waals surface area contributed by atoms with Gasteiger partial charge in [0.15, 0.2) is 5.13 Å². The van der Waals surface area contributed by atoms with Gasteiger partial charge in [0.2, 0.25) is 0 Å². The fourth-order valence-corrected chi connectivity index (χ4v) is 2.48. The number of halogens is 1. The van der Waals surface area contributed by atoms with Gasteiger partial charge in [0.1, 0.15) is 0 Å². The largest absolute Gasteiger partial charge is 0.481 e. The third-order valence-corrected chi connectivity index (χ3v) is 3.59. The van der Waals surface area contributed by atoms with E-state index in [-0.39, 0.29) is 12.3 Å². The van der Waals surface area contributed by atoms with E-state index in [2.05, 4.69) is 10.3 Å². The number of hydrogen-bond donors (Lipinski definition) is 2. The van der Waals surface area contributed by atoms with Crippen LogP contribution in [0.15, 0.2) is 23.6 Å². The molecule has 20 heavy (non-hydrogen) atoms. The fourth-order valence-electron chi connectivity index (χ4n) is 1.60. The molecule has 5 nitrogen and oxygen atoms in total. The first-order valence-electron chi connectivity index (χ1n) is 5.69. The van der Waals surface area contributed by atoms with E-state index in [0.717, 1.165) is 5.56 Å². The Bertz CT molecular complexity index is 669. The fraction of sp³-hybridized carbons (Fsp3) is 0.154. The summed E-state index contributed by atoms with van der Waals surface area (Å²) in [6, 6.07) is 5.05. The van der Waals surface area contributed by atoms with Crippen LogP contribution in [-0.2, 0) is 11.2 Å². The van der Waals surface area contributed by atoms with E-state index in [1.54, 1.807) is 23.6 Å². The molecule has 0 saturated heterocycles. The highest BCUT2D eigenvalue weighted by atomic mass is 35.5. The zero-order valence-electron chi connectivity index (χ0n) is 10.5. The van der Waals surface area contributed by atoms with Crippen molar-refractivity contribution in [3.8, 4) is 0 Å². The van der Waals surface area contributed by atoms with E-state index >= 15 is 0 Å². The second-order valence-electron chi connectivity index (χ2n) is 4.13. The highest BCUT2D eigenvalue weighted by Crippen LogP contribution is 2.20. The number of aromatic nitrogens is 1. The lowest BCUT2D eigenvalue weighted by molar-refractivity contribution is -0.136. The average molecular weight is 311 g/mol. The number of nitrogens with one attached hydrogen (secondary N) is 1. The van der Waals surface area contributed by atoms with Crippen LogP contribution in [0.4, 0.5) is 5.13 Å². The number of rotatable bonds is 4. The Kier molecular flexibility index (Phi) is 4.36. The minimum atomic E-state index is -0.959. The molecule has 2 rings (SSSR count). The van der Waals surface area contributed by atoms with Crippen LogP contribution in [-0.4, -0.2) is 22.0 Å². The Labute approximate surface area is 124 Å². The van der Waals surface area contributed by atoms with Crippen LogP contribution >= 0.6 is 22.9 Å². The van der Waals surface area contributed by atoms with Crippen LogP contribution in [0.1, 0.15) is 21.6 Å². The maximum atomic E-state index is 12.1. The number of thiazole rings is 1. The van der Waals surface area contributed by atoms with Crippen LogP contribution in [0.25, 0.3) is 0 Å². The highest BCUT2D eigenvalue weighted by molar-refractivity contribution is 7.14. The first-order valence-corrected chi connectivity index (χ1v) is 6.95. The van der Waals surface area contributed by atoms with Gasteiger partial charge in [-0.15, -0.1) is 11.3 Å². The Morgan fingerprint density at radius 1 is 1.45 bits per heavy atom. The van der Waals surface area contributed by atoms with Crippen LogP contribution < -0.4 is 5.32 Å².